The Bertz CT molecular complexity index is 329. The molecular formula is C8H15ClN6O. The van der Waals surface area contributed by atoms with Crippen molar-refractivity contribution in [2.75, 3.05) is 19.6 Å². The normalized spacial score (nSPS) is 20.3. The van der Waals surface area contributed by atoms with Crippen LogP contribution < -0.4 is 5.32 Å². The van der Waals surface area contributed by atoms with Gasteiger partial charge in [-0.2, -0.15) is 0 Å². The molecule has 8 heteroatoms. The first kappa shape index (κ1) is 12.9. The van der Waals surface area contributed by atoms with Crippen molar-refractivity contribution in [3.63, 3.8) is 0 Å². The molecule has 0 bridgehead atoms. The number of nitrogens with one attached hydrogen (secondary N) is 1. The highest BCUT2D eigenvalue weighted by atomic mass is 35.5. The van der Waals surface area contributed by atoms with E-state index in [-0.39, 0.29) is 30.9 Å². The molecule has 0 unspecified atom stereocenters. The van der Waals surface area contributed by atoms with Crippen LogP contribution in [0.4, 0.5) is 0 Å². The first-order valence-corrected chi connectivity index (χ1v) is 4.98. The number of piperazine rings is 1. The first-order chi connectivity index (χ1) is 7.27. The van der Waals surface area contributed by atoms with Crippen molar-refractivity contribution in [2.24, 2.45) is 0 Å². The number of halogens is 1. The summed E-state index contributed by atoms with van der Waals surface area (Å²) in [4.78, 5) is 13.7. The standard InChI is InChI=1S/C8H14N6O.ClH/c1-7-4-9-2-3-14(7)8(15)5-13-6-10-11-12-13;/h6-7,9H,2-5H2,1H3;1H/t7-;/m1./s1. The Balaban J connectivity index is 0.00000128. The number of carbonyl (C=O) groups excluding carboxylic acids is 1. The Labute approximate surface area is 99.6 Å². The SMILES string of the molecule is C[C@@H]1CNCCN1C(=O)Cn1cnnn1.Cl. The van der Waals surface area contributed by atoms with Gasteiger partial charge in [-0.05, 0) is 17.4 Å². The lowest BCUT2D eigenvalue weighted by atomic mass is 10.2. The zero-order valence-electron chi connectivity index (χ0n) is 9.04. The molecule has 7 nitrogen and oxygen atoms in total. The fraction of sp³-hybridized carbons (Fsp3) is 0.750. The molecule has 1 aliphatic heterocycles. The number of aromatic nitrogens is 4. The van der Waals surface area contributed by atoms with Gasteiger partial charge in [-0.3, -0.25) is 4.79 Å². The van der Waals surface area contributed by atoms with Crippen molar-refractivity contribution in [1.82, 2.24) is 30.4 Å². The summed E-state index contributed by atoms with van der Waals surface area (Å²) in [7, 11) is 0. The van der Waals surface area contributed by atoms with Crippen molar-refractivity contribution in [3.05, 3.63) is 6.33 Å². The van der Waals surface area contributed by atoms with Crippen LogP contribution >= 0.6 is 12.4 Å². The van der Waals surface area contributed by atoms with Crippen molar-refractivity contribution < 1.29 is 4.79 Å². The van der Waals surface area contributed by atoms with Gasteiger partial charge >= 0.3 is 0 Å². The van der Waals surface area contributed by atoms with Gasteiger partial charge in [-0.15, -0.1) is 17.5 Å². The zero-order chi connectivity index (χ0) is 10.7. The van der Waals surface area contributed by atoms with E-state index in [1.54, 1.807) is 0 Å². The van der Waals surface area contributed by atoms with E-state index < -0.39 is 0 Å². The fourth-order valence-corrected chi connectivity index (χ4v) is 1.69. The smallest absolute Gasteiger partial charge is 0.244 e. The van der Waals surface area contributed by atoms with Crippen LogP contribution in [-0.2, 0) is 11.3 Å². The van der Waals surface area contributed by atoms with Crippen molar-refractivity contribution >= 4 is 18.3 Å². The predicted octanol–water partition coefficient (Wildman–Crippen LogP) is -1.08. The van der Waals surface area contributed by atoms with Gasteiger partial charge in [0.05, 0.1) is 0 Å². The number of rotatable bonds is 2. The summed E-state index contributed by atoms with van der Waals surface area (Å²) in [6.45, 7) is 4.70. The number of hydrogen-bond donors (Lipinski definition) is 1. The summed E-state index contributed by atoms with van der Waals surface area (Å²) in [6, 6.07) is 0.239. The van der Waals surface area contributed by atoms with Gasteiger partial charge < -0.3 is 10.2 Å². The molecule has 1 atom stereocenters. The van der Waals surface area contributed by atoms with E-state index in [1.165, 1.54) is 11.0 Å². The highest BCUT2D eigenvalue weighted by molar-refractivity contribution is 5.85. The second-order valence-electron chi connectivity index (χ2n) is 3.65. The van der Waals surface area contributed by atoms with Crippen molar-refractivity contribution in [1.29, 1.82) is 0 Å². The lowest BCUT2D eigenvalue weighted by Gasteiger charge is -2.33. The van der Waals surface area contributed by atoms with Crippen molar-refractivity contribution in [3.8, 4) is 0 Å². The van der Waals surface area contributed by atoms with Crippen LogP contribution in [0.25, 0.3) is 0 Å². The van der Waals surface area contributed by atoms with Gasteiger partial charge in [0, 0.05) is 25.7 Å². The van der Waals surface area contributed by atoms with E-state index >= 15 is 0 Å². The molecule has 1 fully saturated rings. The second kappa shape index (κ2) is 5.76. The first-order valence-electron chi connectivity index (χ1n) is 4.98. The van der Waals surface area contributed by atoms with E-state index in [1.807, 2.05) is 11.8 Å². The summed E-state index contributed by atoms with van der Waals surface area (Å²) in [5, 5.41) is 13.9. The average Bonchev–Trinajstić information content (AvgIpc) is 2.71. The molecule has 1 aliphatic rings. The van der Waals surface area contributed by atoms with Crippen LogP contribution in [0, 0.1) is 0 Å². The quantitative estimate of drug-likeness (QED) is 0.718. The largest absolute Gasteiger partial charge is 0.336 e. The van der Waals surface area contributed by atoms with Gasteiger partial charge in [0.15, 0.2) is 0 Å². The van der Waals surface area contributed by atoms with E-state index in [4.69, 9.17) is 0 Å². The maximum atomic E-state index is 11.9. The van der Waals surface area contributed by atoms with Crippen molar-refractivity contribution in [2.45, 2.75) is 19.5 Å². The molecule has 1 amide bonds. The third-order valence-corrected chi connectivity index (χ3v) is 2.51. The Hall–Kier alpha value is -1.21. The minimum Gasteiger partial charge on any atom is -0.336 e. The van der Waals surface area contributed by atoms with E-state index in [0.717, 1.165) is 19.6 Å². The van der Waals surface area contributed by atoms with E-state index in [9.17, 15) is 4.79 Å². The maximum Gasteiger partial charge on any atom is 0.244 e. The van der Waals surface area contributed by atoms with Crippen LogP contribution in [0.5, 0.6) is 0 Å². The lowest BCUT2D eigenvalue weighted by molar-refractivity contribution is -0.134. The third kappa shape index (κ3) is 2.89. The molecule has 1 N–H and O–H groups in total. The van der Waals surface area contributed by atoms with Crippen LogP contribution in [0.3, 0.4) is 0 Å². The average molecular weight is 247 g/mol. The lowest BCUT2D eigenvalue weighted by Crippen LogP contribution is -2.53. The molecule has 2 rings (SSSR count). The van der Waals surface area contributed by atoms with Gasteiger partial charge in [-0.25, -0.2) is 4.68 Å². The van der Waals surface area contributed by atoms with Crippen LogP contribution in [0.15, 0.2) is 6.33 Å². The summed E-state index contributed by atoms with van der Waals surface area (Å²) in [5.41, 5.74) is 0. The molecule has 0 spiro atoms. The van der Waals surface area contributed by atoms with E-state index in [2.05, 4.69) is 20.8 Å². The monoisotopic (exact) mass is 246 g/mol. The minimum atomic E-state index is 0. The number of amides is 1. The Morgan fingerprint density at radius 2 is 2.44 bits per heavy atom. The number of nitrogens with zero attached hydrogens (tertiary/aromatic N) is 5. The van der Waals surface area contributed by atoms with Gasteiger partial charge in [0.25, 0.3) is 0 Å². The maximum absolute atomic E-state index is 11.9. The molecule has 90 valence electrons. The molecule has 1 aromatic heterocycles. The molecule has 0 aromatic carbocycles. The number of carbonyl (C=O) groups is 1. The molecule has 0 saturated carbocycles. The Morgan fingerprint density at radius 3 is 3.06 bits per heavy atom. The highest BCUT2D eigenvalue weighted by Crippen LogP contribution is 2.03. The molecule has 1 aromatic rings. The number of hydrogen-bond acceptors (Lipinski definition) is 5. The molecular weight excluding hydrogens is 232 g/mol. The topological polar surface area (TPSA) is 75.9 Å². The molecule has 0 radical (unpaired) electrons. The fourth-order valence-electron chi connectivity index (χ4n) is 1.69. The Morgan fingerprint density at radius 1 is 1.62 bits per heavy atom. The minimum absolute atomic E-state index is 0. The summed E-state index contributed by atoms with van der Waals surface area (Å²) in [5.74, 6) is 0.0660. The molecule has 2 heterocycles. The van der Waals surface area contributed by atoms with Crippen LogP contribution in [-0.4, -0.2) is 56.7 Å². The molecule has 1 saturated heterocycles. The van der Waals surface area contributed by atoms with Gasteiger partial charge in [0.2, 0.25) is 5.91 Å². The van der Waals surface area contributed by atoms with Gasteiger partial charge in [-0.1, -0.05) is 0 Å². The Kier molecular flexibility index (Phi) is 4.63. The summed E-state index contributed by atoms with van der Waals surface area (Å²) < 4.78 is 1.44. The predicted molar refractivity (Wildman–Crippen MR) is 59.1 cm³/mol. The molecule has 16 heavy (non-hydrogen) atoms. The van der Waals surface area contributed by atoms with Crippen LogP contribution in [0.1, 0.15) is 6.92 Å². The van der Waals surface area contributed by atoms with E-state index in [0.29, 0.717) is 0 Å². The summed E-state index contributed by atoms with van der Waals surface area (Å²) in [6.07, 6.45) is 1.45. The summed E-state index contributed by atoms with van der Waals surface area (Å²) >= 11 is 0. The molecule has 0 aliphatic carbocycles. The number of tetrazole rings is 1. The second-order valence-corrected chi connectivity index (χ2v) is 3.65. The van der Waals surface area contributed by atoms with Gasteiger partial charge in [0.1, 0.15) is 12.9 Å². The highest BCUT2D eigenvalue weighted by Gasteiger charge is 2.22. The third-order valence-electron chi connectivity index (χ3n) is 2.51. The van der Waals surface area contributed by atoms with Crippen LogP contribution in [0.2, 0.25) is 0 Å². The zero-order valence-corrected chi connectivity index (χ0v) is 9.85.